The molecule has 4 nitrogen and oxygen atoms in total. The molecule has 5 heteroatoms. The summed E-state index contributed by atoms with van der Waals surface area (Å²) in [7, 11) is 4.12. The van der Waals surface area contributed by atoms with Crippen molar-refractivity contribution >= 4 is 18.2 Å². The average Bonchev–Trinajstić information content (AvgIpc) is 2.86. The smallest absolute Gasteiger partial charge is 0.128 e. The minimum atomic E-state index is 0. The Labute approximate surface area is 122 Å². The highest BCUT2D eigenvalue weighted by atomic mass is 35.5. The van der Waals surface area contributed by atoms with Crippen LogP contribution in [0.25, 0.3) is 0 Å². The lowest BCUT2D eigenvalue weighted by molar-refractivity contribution is 0.322. The number of nitrogens with one attached hydrogen (secondary N) is 1. The number of rotatable bonds is 5. The van der Waals surface area contributed by atoms with Gasteiger partial charge in [-0.2, -0.15) is 0 Å². The van der Waals surface area contributed by atoms with Crippen LogP contribution in [0.3, 0.4) is 0 Å². The van der Waals surface area contributed by atoms with Crippen molar-refractivity contribution in [3.8, 4) is 0 Å². The molecule has 1 saturated heterocycles. The van der Waals surface area contributed by atoms with Crippen molar-refractivity contribution in [2.45, 2.75) is 25.9 Å². The van der Waals surface area contributed by atoms with Gasteiger partial charge < -0.3 is 10.2 Å². The number of halogens is 1. The topological polar surface area (TPSA) is 31.4 Å². The van der Waals surface area contributed by atoms with Gasteiger partial charge in [-0.05, 0) is 32.0 Å². The van der Waals surface area contributed by atoms with E-state index >= 15 is 0 Å². The van der Waals surface area contributed by atoms with Crippen molar-refractivity contribution in [2.75, 3.05) is 38.6 Å². The van der Waals surface area contributed by atoms with E-state index in [2.05, 4.69) is 46.2 Å². The van der Waals surface area contributed by atoms with Crippen LogP contribution < -0.4 is 10.2 Å². The van der Waals surface area contributed by atoms with Crippen LogP contribution in [0.15, 0.2) is 18.3 Å². The summed E-state index contributed by atoms with van der Waals surface area (Å²) >= 11 is 0. The predicted molar refractivity (Wildman–Crippen MR) is 83.2 cm³/mol. The van der Waals surface area contributed by atoms with Crippen LogP contribution in [0.5, 0.6) is 0 Å². The molecule has 0 aliphatic carbocycles. The van der Waals surface area contributed by atoms with Gasteiger partial charge in [-0.25, -0.2) is 4.98 Å². The molecule has 0 bridgehead atoms. The van der Waals surface area contributed by atoms with Crippen molar-refractivity contribution in [3.63, 3.8) is 0 Å². The van der Waals surface area contributed by atoms with E-state index in [0.717, 1.165) is 25.5 Å². The fourth-order valence-corrected chi connectivity index (χ4v) is 2.37. The van der Waals surface area contributed by atoms with E-state index in [-0.39, 0.29) is 12.4 Å². The first-order chi connectivity index (χ1) is 8.72. The van der Waals surface area contributed by atoms with E-state index in [4.69, 9.17) is 0 Å². The Hall–Kier alpha value is -0.840. The summed E-state index contributed by atoms with van der Waals surface area (Å²) in [5.41, 5.74) is 1.31. The molecule has 1 aromatic rings. The molecular weight excluding hydrogens is 260 g/mol. The monoisotopic (exact) mass is 284 g/mol. The molecule has 0 aromatic carbocycles. The number of aromatic nitrogens is 1. The second-order valence-corrected chi connectivity index (χ2v) is 5.05. The van der Waals surface area contributed by atoms with Crippen LogP contribution in [0.2, 0.25) is 0 Å². The minimum Gasteiger partial charge on any atom is -0.360 e. The molecule has 0 spiro atoms. The van der Waals surface area contributed by atoms with Gasteiger partial charge in [0.05, 0.1) is 0 Å². The number of hydrogen-bond donors (Lipinski definition) is 1. The van der Waals surface area contributed by atoms with Gasteiger partial charge in [-0.3, -0.25) is 4.90 Å². The van der Waals surface area contributed by atoms with E-state index < -0.39 is 0 Å². The summed E-state index contributed by atoms with van der Waals surface area (Å²) in [6.45, 7) is 6.47. The number of likely N-dealkylation sites (tertiary alicyclic amines) is 1. The highest BCUT2D eigenvalue weighted by Gasteiger charge is 2.20. The molecular formula is C14H25ClN4. The number of likely N-dealkylation sites (N-methyl/N-ethyl adjacent to an activating group) is 1. The normalized spacial score (nSPS) is 19.2. The molecule has 1 unspecified atom stereocenters. The summed E-state index contributed by atoms with van der Waals surface area (Å²) in [6.07, 6.45) is 3.26. The van der Waals surface area contributed by atoms with Gasteiger partial charge in [0.2, 0.25) is 0 Å². The Morgan fingerprint density at radius 2 is 2.26 bits per heavy atom. The zero-order valence-electron chi connectivity index (χ0n) is 12.1. The number of nitrogens with zero attached hydrogens (tertiary/aromatic N) is 3. The number of anilines is 1. The Kier molecular flexibility index (Phi) is 6.55. The fraction of sp³-hybridized carbons (Fsp3) is 0.643. The predicted octanol–water partition coefficient (Wildman–Crippen LogP) is 1.75. The lowest BCUT2D eigenvalue weighted by atomic mass is 10.2. The Bertz CT molecular complexity index is 368. The Morgan fingerprint density at radius 3 is 2.79 bits per heavy atom. The maximum absolute atomic E-state index is 4.51. The fourth-order valence-electron chi connectivity index (χ4n) is 2.37. The molecule has 0 amide bonds. The lowest BCUT2D eigenvalue weighted by Gasteiger charge is -2.18. The van der Waals surface area contributed by atoms with Crippen LogP contribution in [-0.4, -0.2) is 49.7 Å². The third-order valence-corrected chi connectivity index (χ3v) is 3.76. The summed E-state index contributed by atoms with van der Waals surface area (Å²) in [4.78, 5) is 9.15. The van der Waals surface area contributed by atoms with Gasteiger partial charge in [0.15, 0.2) is 0 Å². The first kappa shape index (κ1) is 16.2. The van der Waals surface area contributed by atoms with Crippen LogP contribution >= 0.6 is 12.4 Å². The third-order valence-electron chi connectivity index (χ3n) is 3.76. The van der Waals surface area contributed by atoms with Gasteiger partial charge in [0.25, 0.3) is 0 Å². The Balaban J connectivity index is 0.00000180. The maximum Gasteiger partial charge on any atom is 0.128 e. The van der Waals surface area contributed by atoms with Crippen LogP contribution in [0, 0.1) is 0 Å². The van der Waals surface area contributed by atoms with Crippen molar-refractivity contribution in [1.29, 1.82) is 0 Å². The molecule has 2 rings (SSSR count). The molecule has 19 heavy (non-hydrogen) atoms. The summed E-state index contributed by atoms with van der Waals surface area (Å²) in [6, 6.07) is 4.97. The van der Waals surface area contributed by atoms with Gasteiger partial charge >= 0.3 is 0 Å². The first-order valence-electron chi connectivity index (χ1n) is 6.78. The summed E-state index contributed by atoms with van der Waals surface area (Å²) in [5.74, 6) is 1.05. The average molecular weight is 285 g/mol. The van der Waals surface area contributed by atoms with E-state index in [0.29, 0.717) is 6.04 Å². The van der Waals surface area contributed by atoms with Crippen LogP contribution in [-0.2, 0) is 6.54 Å². The van der Waals surface area contributed by atoms with Crippen LogP contribution in [0.4, 0.5) is 5.82 Å². The van der Waals surface area contributed by atoms with Gasteiger partial charge in [-0.15, -0.1) is 12.4 Å². The van der Waals surface area contributed by atoms with E-state index in [1.165, 1.54) is 18.5 Å². The molecule has 2 heterocycles. The SMILES string of the molecule is CCN(C)c1ccc(CN2CCC(NC)C2)cn1.Cl. The van der Waals surface area contributed by atoms with Gasteiger partial charge in [-0.1, -0.05) is 6.07 Å². The summed E-state index contributed by atoms with van der Waals surface area (Å²) < 4.78 is 0. The van der Waals surface area contributed by atoms with E-state index in [1.807, 2.05) is 13.2 Å². The van der Waals surface area contributed by atoms with Crippen molar-refractivity contribution in [3.05, 3.63) is 23.9 Å². The highest BCUT2D eigenvalue weighted by molar-refractivity contribution is 5.85. The molecule has 108 valence electrons. The zero-order chi connectivity index (χ0) is 13.0. The van der Waals surface area contributed by atoms with Crippen LogP contribution in [0.1, 0.15) is 18.9 Å². The first-order valence-corrected chi connectivity index (χ1v) is 6.78. The molecule has 1 aliphatic rings. The second kappa shape index (κ2) is 7.68. The second-order valence-electron chi connectivity index (χ2n) is 5.05. The molecule has 0 saturated carbocycles. The van der Waals surface area contributed by atoms with Crippen molar-refractivity contribution in [2.24, 2.45) is 0 Å². The highest BCUT2D eigenvalue weighted by Crippen LogP contribution is 2.15. The molecule has 1 fully saturated rings. The van der Waals surface area contributed by atoms with E-state index in [1.54, 1.807) is 0 Å². The summed E-state index contributed by atoms with van der Waals surface area (Å²) in [5, 5.41) is 3.35. The molecule has 0 radical (unpaired) electrons. The molecule has 1 aromatic heterocycles. The van der Waals surface area contributed by atoms with Gasteiger partial charge in [0, 0.05) is 45.5 Å². The minimum absolute atomic E-state index is 0. The molecule has 1 aliphatic heterocycles. The van der Waals surface area contributed by atoms with Crippen molar-refractivity contribution < 1.29 is 0 Å². The standard InChI is InChI=1S/C14H24N4.ClH/c1-4-17(3)14-6-5-12(9-16-14)10-18-8-7-13(11-18)15-2;/h5-6,9,13,15H,4,7-8,10-11H2,1-3H3;1H. The Morgan fingerprint density at radius 1 is 1.47 bits per heavy atom. The quantitative estimate of drug-likeness (QED) is 0.893. The van der Waals surface area contributed by atoms with E-state index in [9.17, 15) is 0 Å². The van der Waals surface area contributed by atoms with Crippen molar-refractivity contribution in [1.82, 2.24) is 15.2 Å². The molecule has 1 atom stereocenters. The number of hydrogen-bond acceptors (Lipinski definition) is 4. The largest absolute Gasteiger partial charge is 0.360 e. The molecule has 1 N–H and O–H groups in total. The maximum atomic E-state index is 4.51. The van der Waals surface area contributed by atoms with Gasteiger partial charge in [0.1, 0.15) is 5.82 Å². The lowest BCUT2D eigenvalue weighted by Crippen LogP contribution is -2.29. The zero-order valence-corrected chi connectivity index (χ0v) is 12.9. The third kappa shape index (κ3) is 4.34. The number of pyridine rings is 1.